The van der Waals surface area contributed by atoms with E-state index in [9.17, 15) is 4.79 Å². The van der Waals surface area contributed by atoms with Gasteiger partial charge in [0.05, 0.1) is 6.61 Å². The second-order valence-electron chi connectivity index (χ2n) is 5.07. The van der Waals surface area contributed by atoms with Gasteiger partial charge in [0, 0.05) is 25.9 Å². The molecule has 0 spiro atoms. The Bertz CT molecular complexity index is 470. The summed E-state index contributed by atoms with van der Waals surface area (Å²) in [5, 5.41) is 0. The van der Waals surface area contributed by atoms with Crippen LogP contribution in [0.2, 0.25) is 0 Å². The summed E-state index contributed by atoms with van der Waals surface area (Å²) in [7, 11) is 4.04. The Kier molecular flexibility index (Phi) is 4.25. The zero-order valence-corrected chi connectivity index (χ0v) is 11.8. The first-order valence-corrected chi connectivity index (χ1v) is 6.78. The highest BCUT2D eigenvalue weighted by atomic mass is 16.5. The van der Waals surface area contributed by atoms with Gasteiger partial charge in [0.2, 0.25) is 0 Å². The average Bonchev–Trinajstić information content (AvgIpc) is 3.21. The molecule has 0 radical (unpaired) electrons. The highest BCUT2D eigenvalue weighted by Crippen LogP contribution is 2.42. The number of carbonyl (C=O) groups is 1. The van der Waals surface area contributed by atoms with Crippen LogP contribution in [-0.4, -0.2) is 26.7 Å². The Hall–Kier alpha value is -1.77. The minimum absolute atomic E-state index is 0.235. The maximum absolute atomic E-state index is 11.6. The molecule has 1 aliphatic rings. The van der Waals surface area contributed by atoms with E-state index in [-0.39, 0.29) is 5.97 Å². The number of nitrogens with zero attached hydrogens (tertiary/aromatic N) is 1. The van der Waals surface area contributed by atoms with E-state index in [2.05, 4.69) is 29.2 Å². The lowest BCUT2D eigenvalue weighted by molar-refractivity contribution is -0.137. The Morgan fingerprint density at radius 3 is 2.42 bits per heavy atom. The maximum Gasteiger partial charge on any atom is 0.331 e. The van der Waals surface area contributed by atoms with Gasteiger partial charge in [-0.1, -0.05) is 12.1 Å². The Balaban J connectivity index is 2.21. The topological polar surface area (TPSA) is 29.5 Å². The molecule has 1 aliphatic carbocycles. The van der Waals surface area contributed by atoms with Gasteiger partial charge < -0.3 is 9.64 Å². The van der Waals surface area contributed by atoms with Crippen molar-refractivity contribution in [1.82, 2.24) is 0 Å². The molecule has 3 heteroatoms. The summed E-state index contributed by atoms with van der Waals surface area (Å²) < 4.78 is 5.01. The maximum atomic E-state index is 11.6. The molecule has 0 unspecified atom stereocenters. The molecule has 2 rings (SSSR count). The van der Waals surface area contributed by atoms with Gasteiger partial charge in [-0.15, -0.1) is 0 Å². The highest BCUT2D eigenvalue weighted by Gasteiger charge is 2.27. The van der Waals surface area contributed by atoms with E-state index in [0.29, 0.717) is 12.5 Å². The number of hydrogen-bond acceptors (Lipinski definition) is 3. The number of hydrogen-bond donors (Lipinski definition) is 0. The number of ether oxygens (including phenoxy) is 1. The fourth-order valence-electron chi connectivity index (χ4n) is 2.09. The van der Waals surface area contributed by atoms with Crippen LogP contribution in [0.4, 0.5) is 5.69 Å². The molecule has 0 aliphatic heterocycles. The van der Waals surface area contributed by atoms with E-state index in [1.165, 1.54) is 12.8 Å². The monoisotopic (exact) mass is 259 g/mol. The third-order valence-corrected chi connectivity index (χ3v) is 3.29. The second-order valence-corrected chi connectivity index (χ2v) is 5.07. The highest BCUT2D eigenvalue weighted by molar-refractivity contribution is 5.92. The molecular weight excluding hydrogens is 238 g/mol. The van der Waals surface area contributed by atoms with Crippen molar-refractivity contribution in [3.05, 3.63) is 35.9 Å². The lowest BCUT2D eigenvalue weighted by atomic mass is 10.0. The van der Waals surface area contributed by atoms with Crippen molar-refractivity contribution in [2.45, 2.75) is 19.8 Å². The average molecular weight is 259 g/mol. The van der Waals surface area contributed by atoms with Gasteiger partial charge in [0.1, 0.15) is 0 Å². The first kappa shape index (κ1) is 13.7. The van der Waals surface area contributed by atoms with Crippen molar-refractivity contribution in [1.29, 1.82) is 0 Å². The third kappa shape index (κ3) is 3.60. The number of allylic oxidation sites excluding steroid dienone is 1. The van der Waals surface area contributed by atoms with Crippen LogP contribution in [0.25, 0.3) is 5.57 Å². The minimum Gasteiger partial charge on any atom is -0.463 e. The Labute approximate surface area is 114 Å². The Morgan fingerprint density at radius 1 is 1.32 bits per heavy atom. The molecule has 0 bridgehead atoms. The van der Waals surface area contributed by atoms with Crippen LogP contribution in [0, 0.1) is 5.92 Å². The van der Waals surface area contributed by atoms with E-state index in [0.717, 1.165) is 16.8 Å². The molecule has 0 amide bonds. The minimum atomic E-state index is -0.235. The van der Waals surface area contributed by atoms with E-state index >= 15 is 0 Å². The van der Waals surface area contributed by atoms with Gasteiger partial charge in [0.25, 0.3) is 0 Å². The molecule has 0 atom stereocenters. The second kappa shape index (κ2) is 5.91. The molecular formula is C16H21NO2. The van der Waals surface area contributed by atoms with Crippen LogP contribution in [0.5, 0.6) is 0 Å². The summed E-state index contributed by atoms with van der Waals surface area (Å²) in [6.07, 6.45) is 3.99. The van der Waals surface area contributed by atoms with E-state index in [1.807, 2.05) is 21.0 Å². The first-order chi connectivity index (χ1) is 9.11. The van der Waals surface area contributed by atoms with Gasteiger partial charge in [-0.2, -0.15) is 0 Å². The van der Waals surface area contributed by atoms with Crippen LogP contribution in [0.3, 0.4) is 0 Å². The molecule has 0 heterocycles. The molecule has 0 saturated heterocycles. The number of rotatable bonds is 5. The van der Waals surface area contributed by atoms with Crippen LogP contribution >= 0.6 is 0 Å². The van der Waals surface area contributed by atoms with E-state index in [1.54, 1.807) is 6.08 Å². The Morgan fingerprint density at radius 2 is 1.95 bits per heavy atom. The summed E-state index contributed by atoms with van der Waals surface area (Å²) in [5.41, 5.74) is 3.40. The van der Waals surface area contributed by atoms with Crippen LogP contribution in [0.1, 0.15) is 25.3 Å². The fourth-order valence-corrected chi connectivity index (χ4v) is 2.09. The molecule has 0 aromatic heterocycles. The summed E-state index contributed by atoms with van der Waals surface area (Å²) in [5.74, 6) is 0.288. The molecule has 1 fully saturated rings. The van der Waals surface area contributed by atoms with E-state index in [4.69, 9.17) is 4.74 Å². The molecule has 3 nitrogen and oxygen atoms in total. The van der Waals surface area contributed by atoms with Crippen molar-refractivity contribution >= 4 is 17.2 Å². The normalized spacial score (nSPS) is 15.2. The first-order valence-electron chi connectivity index (χ1n) is 6.78. The van der Waals surface area contributed by atoms with Crippen molar-refractivity contribution < 1.29 is 9.53 Å². The SMILES string of the molecule is CCOC(=O)/C=C(\c1ccc(N(C)C)cc1)C1CC1. The lowest BCUT2D eigenvalue weighted by Crippen LogP contribution is -2.08. The largest absolute Gasteiger partial charge is 0.463 e. The number of benzene rings is 1. The van der Waals surface area contributed by atoms with Crippen LogP contribution < -0.4 is 4.90 Å². The summed E-state index contributed by atoms with van der Waals surface area (Å²) in [6.45, 7) is 2.25. The lowest BCUT2D eigenvalue weighted by Gasteiger charge is -2.13. The molecule has 1 saturated carbocycles. The zero-order valence-electron chi connectivity index (χ0n) is 11.8. The smallest absolute Gasteiger partial charge is 0.331 e. The van der Waals surface area contributed by atoms with Gasteiger partial charge in [0.15, 0.2) is 0 Å². The van der Waals surface area contributed by atoms with Gasteiger partial charge >= 0.3 is 5.97 Å². The summed E-state index contributed by atoms with van der Waals surface area (Å²) in [6, 6.07) is 8.32. The molecule has 102 valence electrons. The summed E-state index contributed by atoms with van der Waals surface area (Å²) in [4.78, 5) is 13.7. The molecule has 1 aromatic rings. The van der Waals surface area contributed by atoms with Crippen molar-refractivity contribution in [2.24, 2.45) is 5.92 Å². The fraction of sp³-hybridized carbons (Fsp3) is 0.438. The molecule has 1 aromatic carbocycles. The van der Waals surface area contributed by atoms with Gasteiger partial charge in [-0.05, 0) is 49.0 Å². The number of carbonyl (C=O) groups excluding carboxylic acids is 1. The molecule has 0 N–H and O–H groups in total. The van der Waals surface area contributed by atoms with Crippen LogP contribution in [0.15, 0.2) is 30.3 Å². The number of anilines is 1. The quantitative estimate of drug-likeness (QED) is 0.601. The predicted octanol–water partition coefficient (Wildman–Crippen LogP) is 3.11. The van der Waals surface area contributed by atoms with Crippen LogP contribution in [-0.2, 0) is 9.53 Å². The van der Waals surface area contributed by atoms with Crippen molar-refractivity contribution in [3.63, 3.8) is 0 Å². The predicted molar refractivity (Wildman–Crippen MR) is 78.1 cm³/mol. The van der Waals surface area contributed by atoms with Crippen molar-refractivity contribution in [2.75, 3.05) is 25.6 Å². The van der Waals surface area contributed by atoms with Crippen molar-refractivity contribution in [3.8, 4) is 0 Å². The van der Waals surface area contributed by atoms with Gasteiger partial charge in [-0.3, -0.25) is 0 Å². The van der Waals surface area contributed by atoms with Gasteiger partial charge in [-0.25, -0.2) is 4.79 Å². The molecule has 19 heavy (non-hydrogen) atoms. The third-order valence-electron chi connectivity index (χ3n) is 3.29. The zero-order chi connectivity index (χ0) is 13.8. The van der Waals surface area contributed by atoms with E-state index < -0.39 is 0 Å². The standard InChI is InChI=1S/C16H21NO2/c1-4-19-16(18)11-15(12-5-6-12)13-7-9-14(10-8-13)17(2)3/h7-12H,4-6H2,1-3H3/b15-11-. The number of esters is 1. The summed E-state index contributed by atoms with van der Waals surface area (Å²) >= 11 is 0.